The number of benzene rings is 1. The molecule has 1 heterocycles. The van der Waals surface area contributed by atoms with E-state index >= 15 is 0 Å². The second kappa shape index (κ2) is 7.43. The van der Waals surface area contributed by atoms with Gasteiger partial charge in [-0.25, -0.2) is 0 Å². The van der Waals surface area contributed by atoms with E-state index in [-0.39, 0.29) is 24.1 Å². The highest BCUT2D eigenvalue weighted by atomic mass is 16.2. The van der Waals surface area contributed by atoms with Crippen LogP contribution in [-0.2, 0) is 17.8 Å². The van der Waals surface area contributed by atoms with E-state index in [2.05, 4.69) is 17.4 Å². The number of nitrogens with one attached hydrogen (secondary N) is 1. The Morgan fingerprint density at radius 2 is 1.86 bits per heavy atom. The maximum Gasteiger partial charge on any atom is 0.250 e. The number of aromatic nitrogens is 1. The van der Waals surface area contributed by atoms with Crippen molar-refractivity contribution in [1.82, 2.24) is 9.88 Å². The van der Waals surface area contributed by atoms with E-state index in [0.29, 0.717) is 0 Å². The second-order valence-electron chi connectivity index (χ2n) is 5.16. The van der Waals surface area contributed by atoms with Crippen molar-refractivity contribution in [3.63, 3.8) is 0 Å². The highest BCUT2D eigenvalue weighted by Gasteiger charge is 2.08. The molecule has 4 nitrogen and oxygen atoms in total. The van der Waals surface area contributed by atoms with Gasteiger partial charge in [0.1, 0.15) is 6.54 Å². The molecule has 0 saturated carbocycles. The standard InChI is InChI=1S/C17H20N2O2/c1-14(10-11-15-7-3-2-4-8-15)18-16(20)13-19-12-6-5-9-17(19)21/h2-9,12,14H,10-11,13H2,1H3,(H,18,20)/t14-/m0/s1. The van der Waals surface area contributed by atoms with Crippen molar-refractivity contribution in [3.8, 4) is 0 Å². The Morgan fingerprint density at radius 1 is 1.14 bits per heavy atom. The summed E-state index contributed by atoms with van der Waals surface area (Å²) in [5, 5.41) is 2.93. The SMILES string of the molecule is C[C@@H](CCc1ccccc1)NC(=O)Cn1ccccc1=O. The number of carbonyl (C=O) groups excluding carboxylic acids is 1. The van der Waals surface area contributed by atoms with E-state index in [9.17, 15) is 9.59 Å². The Morgan fingerprint density at radius 3 is 2.57 bits per heavy atom. The number of amides is 1. The summed E-state index contributed by atoms with van der Waals surface area (Å²) >= 11 is 0. The predicted octanol–water partition coefficient (Wildman–Crippen LogP) is 1.99. The molecule has 2 rings (SSSR count). The Kier molecular flexibility index (Phi) is 5.32. The first-order valence-electron chi connectivity index (χ1n) is 7.14. The number of hydrogen-bond acceptors (Lipinski definition) is 2. The summed E-state index contributed by atoms with van der Waals surface area (Å²) in [6, 6.07) is 15.1. The Bertz CT molecular complexity index is 634. The third-order valence-electron chi connectivity index (χ3n) is 3.33. The molecule has 0 radical (unpaired) electrons. The lowest BCUT2D eigenvalue weighted by Crippen LogP contribution is -2.37. The summed E-state index contributed by atoms with van der Waals surface area (Å²) in [7, 11) is 0. The maximum absolute atomic E-state index is 11.9. The highest BCUT2D eigenvalue weighted by Crippen LogP contribution is 2.04. The zero-order valence-electron chi connectivity index (χ0n) is 12.2. The molecular formula is C17H20N2O2. The molecule has 0 spiro atoms. The molecule has 0 aliphatic heterocycles. The molecule has 0 aliphatic rings. The van der Waals surface area contributed by atoms with Crippen LogP contribution in [0.1, 0.15) is 18.9 Å². The Balaban J connectivity index is 1.80. The maximum atomic E-state index is 11.9. The first-order valence-corrected chi connectivity index (χ1v) is 7.14. The van der Waals surface area contributed by atoms with Crippen molar-refractivity contribution in [2.75, 3.05) is 0 Å². The molecule has 2 aromatic rings. The van der Waals surface area contributed by atoms with Crippen LogP contribution in [0.25, 0.3) is 0 Å². The van der Waals surface area contributed by atoms with E-state index in [0.717, 1.165) is 12.8 Å². The molecule has 1 atom stereocenters. The lowest BCUT2D eigenvalue weighted by atomic mass is 10.1. The van der Waals surface area contributed by atoms with Crippen molar-refractivity contribution in [3.05, 3.63) is 70.6 Å². The van der Waals surface area contributed by atoms with Crippen molar-refractivity contribution in [2.24, 2.45) is 0 Å². The van der Waals surface area contributed by atoms with Crippen LogP contribution < -0.4 is 10.9 Å². The topological polar surface area (TPSA) is 51.1 Å². The molecule has 0 bridgehead atoms. The van der Waals surface area contributed by atoms with Crippen LogP contribution in [-0.4, -0.2) is 16.5 Å². The third-order valence-corrected chi connectivity index (χ3v) is 3.33. The second-order valence-corrected chi connectivity index (χ2v) is 5.16. The first-order chi connectivity index (χ1) is 10.1. The monoisotopic (exact) mass is 284 g/mol. The fraction of sp³-hybridized carbons (Fsp3) is 0.294. The largest absolute Gasteiger partial charge is 0.352 e. The summed E-state index contributed by atoms with van der Waals surface area (Å²) < 4.78 is 1.40. The van der Waals surface area contributed by atoms with Gasteiger partial charge in [-0.15, -0.1) is 0 Å². The lowest BCUT2D eigenvalue weighted by molar-refractivity contribution is -0.122. The molecule has 0 aliphatic carbocycles. The number of carbonyl (C=O) groups is 1. The van der Waals surface area contributed by atoms with Gasteiger partial charge in [-0.3, -0.25) is 9.59 Å². The minimum atomic E-state index is -0.162. The quantitative estimate of drug-likeness (QED) is 0.882. The number of rotatable bonds is 6. The number of nitrogens with zero attached hydrogens (tertiary/aromatic N) is 1. The van der Waals surface area contributed by atoms with Crippen LogP contribution in [0, 0.1) is 0 Å². The fourth-order valence-corrected chi connectivity index (χ4v) is 2.17. The fourth-order valence-electron chi connectivity index (χ4n) is 2.17. The summed E-state index contributed by atoms with van der Waals surface area (Å²) in [4.78, 5) is 23.4. The molecule has 110 valence electrons. The molecular weight excluding hydrogens is 264 g/mol. The van der Waals surface area contributed by atoms with Gasteiger partial charge in [0.05, 0.1) is 0 Å². The first kappa shape index (κ1) is 15.0. The van der Waals surface area contributed by atoms with Gasteiger partial charge in [-0.1, -0.05) is 36.4 Å². The molecule has 1 aromatic carbocycles. The smallest absolute Gasteiger partial charge is 0.250 e. The summed E-state index contributed by atoms with van der Waals surface area (Å²) in [6.07, 6.45) is 3.42. The summed E-state index contributed by atoms with van der Waals surface area (Å²) in [6.45, 7) is 2.05. The molecule has 4 heteroatoms. The van der Waals surface area contributed by atoms with Gasteiger partial charge in [-0.2, -0.15) is 0 Å². The van der Waals surface area contributed by atoms with Gasteiger partial charge < -0.3 is 9.88 Å². The van der Waals surface area contributed by atoms with Gasteiger partial charge in [0.25, 0.3) is 5.56 Å². The van der Waals surface area contributed by atoms with Gasteiger partial charge in [0.2, 0.25) is 5.91 Å². The van der Waals surface area contributed by atoms with E-state index in [1.54, 1.807) is 18.3 Å². The molecule has 0 unspecified atom stereocenters. The van der Waals surface area contributed by atoms with Gasteiger partial charge in [0, 0.05) is 18.3 Å². The average Bonchev–Trinajstić information content (AvgIpc) is 2.48. The van der Waals surface area contributed by atoms with E-state index < -0.39 is 0 Å². The normalized spacial score (nSPS) is 11.9. The van der Waals surface area contributed by atoms with Gasteiger partial charge >= 0.3 is 0 Å². The van der Waals surface area contributed by atoms with Crippen molar-refractivity contribution >= 4 is 5.91 Å². The number of pyridine rings is 1. The van der Waals surface area contributed by atoms with Crippen molar-refractivity contribution in [2.45, 2.75) is 32.4 Å². The minimum absolute atomic E-state index is 0.0648. The molecule has 1 amide bonds. The predicted molar refractivity (Wildman–Crippen MR) is 83.1 cm³/mol. The molecule has 21 heavy (non-hydrogen) atoms. The summed E-state index contributed by atoms with van der Waals surface area (Å²) in [5.74, 6) is -0.135. The zero-order valence-corrected chi connectivity index (χ0v) is 12.2. The van der Waals surface area contributed by atoms with Crippen molar-refractivity contribution < 1.29 is 4.79 Å². The van der Waals surface area contributed by atoms with Crippen LogP contribution in [0.5, 0.6) is 0 Å². The van der Waals surface area contributed by atoms with Crippen LogP contribution in [0.3, 0.4) is 0 Å². The van der Waals surface area contributed by atoms with Gasteiger partial charge in [-0.05, 0) is 31.4 Å². The minimum Gasteiger partial charge on any atom is -0.352 e. The van der Waals surface area contributed by atoms with Crippen LogP contribution in [0.4, 0.5) is 0 Å². The van der Waals surface area contributed by atoms with Crippen LogP contribution in [0.2, 0.25) is 0 Å². The number of aryl methyl sites for hydroxylation is 1. The summed E-state index contributed by atoms with van der Waals surface area (Å²) in [5.41, 5.74) is 1.10. The lowest BCUT2D eigenvalue weighted by Gasteiger charge is -2.14. The van der Waals surface area contributed by atoms with Crippen molar-refractivity contribution in [1.29, 1.82) is 0 Å². The Labute approximate surface area is 124 Å². The average molecular weight is 284 g/mol. The van der Waals surface area contributed by atoms with Crippen LogP contribution >= 0.6 is 0 Å². The number of hydrogen-bond donors (Lipinski definition) is 1. The van der Waals surface area contributed by atoms with E-state index in [4.69, 9.17) is 0 Å². The Hall–Kier alpha value is -2.36. The third kappa shape index (κ3) is 4.91. The highest BCUT2D eigenvalue weighted by molar-refractivity contribution is 5.75. The zero-order chi connectivity index (χ0) is 15.1. The molecule has 0 fully saturated rings. The van der Waals surface area contributed by atoms with Gasteiger partial charge in [0.15, 0.2) is 0 Å². The van der Waals surface area contributed by atoms with E-state index in [1.807, 2.05) is 25.1 Å². The molecule has 0 saturated heterocycles. The molecule has 1 N–H and O–H groups in total. The van der Waals surface area contributed by atoms with Crippen LogP contribution in [0.15, 0.2) is 59.5 Å². The van der Waals surface area contributed by atoms with E-state index in [1.165, 1.54) is 16.2 Å². The molecule has 1 aromatic heterocycles.